The molecule has 0 spiro atoms. The molecule has 0 N–H and O–H groups in total. The Morgan fingerprint density at radius 1 is 0.947 bits per heavy atom. The van der Waals surface area contributed by atoms with Gasteiger partial charge in [0.2, 0.25) is 0 Å². The Balaban J connectivity index is 2.62. The smallest absolute Gasteiger partial charge is 0.387 e. The van der Waals surface area contributed by atoms with Crippen LogP contribution < -0.4 is 4.74 Å². The third-order valence-corrected chi connectivity index (χ3v) is 2.30. The van der Waals surface area contributed by atoms with E-state index in [9.17, 15) is 22.0 Å². The number of pyridine rings is 1. The van der Waals surface area contributed by atoms with Crippen LogP contribution in [-0.4, -0.2) is 11.6 Å². The molecule has 2 rings (SSSR count). The molecule has 7 heteroatoms. The van der Waals surface area contributed by atoms with Crippen molar-refractivity contribution in [2.24, 2.45) is 0 Å². The zero-order valence-electron chi connectivity index (χ0n) is 9.21. The maximum Gasteiger partial charge on any atom is 0.387 e. The lowest BCUT2D eigenvalue weighted by Crippen LogP contribution is -2.06. The van der Waals surface area contributed by atoms with Gasteiger partial charge in [-0.25, -0.2) is 13.2 Å². The first kappa shape index (κ1) is 13.3. The fourth-order valence-electron chi connectivity index (χ4n) is 1.54. The molecule has 0 saturated heterocycles. The molecule has 1 aromatic heterocycles. The van der Waals surface area contributed by atoms with Crippen molar-refractivity contribution in [3.05, 3.63) is 48.0 Å². The quantitative estimate of drug-likeness (QED) is 0.795. The summed E-state index contributed by atoms with van der Waals surface area (Å²) in [5.74, 6) is -4.56. The fraction of sp³-hybridized carbons (Fsp3) is 0.0833. The van der Waals surface area contributed by atoms with E-state index in [4.69, 9.17) is 0 Å². The number of rotatable bonds is 3. The van der Waals surface area contributed by atoms with Gasteiger partial charge in [-0.2, -0.15) is 8.78 Å². The van der Waals surface area contributed by atoms with E-state index < -0.39 is 40.9 Å². The first-order valence-corrected chi connectivity index (χ1v) is 5.03. The molecule has 0 atom stereocenters. The maximum absolute atomic E-state index is 13.6. The maximum atomic E-state index is 13.6. The molecule has 0 fully saturated rings. The number of aromatic nitrogens is 1. The van der Waals surface area contributed by atoms with Crippen LogP contribution in [0.3, 0.4) is 0 Å². The van der Waals surface area contributed by atoms with Gasteiger partial charge in [-0.1, -0.05) is 12.1 Å². The minimum atomic E-state index is -3.30. The molecule has 0 unspecified atom stereocenters. The molecule has 1 heterocycles. The highest BCUT2D eigenvalue weighted by Gasteiger charge is 2.20. The first-order chi connectivity index (χ1) is 9.00. The van der Waals surface area contributed by atoms with E-state index in [1.54, 1.807) is 0 Å². The van der Waals surface area contributed by atoms with E-state index >= 15 is 0 Å². The highest BCUT2D eigenvalue weighted by Crippen LogP contribution is 2.34. The number of alkyl halides is 2. The van der Waals surface area contributed by atoms with Crippen molar-refractivity contribution < 1.29 is 26.7 Å². The second kappa shape index (κ2) is 5.21. The van der Waals surface area contributed by atoms with Gasteiger partial charge in [0.05, 0.1) is 6.20 Å². The van der Waals surface area contributed by atoms with E-state index in [1.807, 2.05) is 0 Å². The fourth-order valence-corrected chi connectivity index (χ4v) is 1.54. The van der Waals surface area contributed by atoms with Gasteiger partial charge in [-0.3, -0.25) is 4.98 Å². The highest BCUT2D eigenvalue weighted by molar-refractivity contribution is 5.70. The van der Waals surface area contributed by atoms with E-state index in [0.29, 0.717) is 6.20 Å². The number of hydrogen-bond acceptors (Lipinski definition) is 2. The zero-order valence-corrected chi connectivity index (χ0v) is 9.21. The number of benzene rings is 1. The SMILES string of the molecule is Fc1cccc(-c2cncc(F)c2OC(F)F)c1F. The molecule has 100 valence electrons. The van der Waals surface area contributed by atoms with Crippen molar-refractivity contribution in [3.8, 4) is 16.9 Å². The summed E-state index contributed by atoms with van der Waals surface area (Å²) in [7, 11) is 0. The van der Waals surface area contributed by atoms with Gasteiger partial charge in [-0.05, 0) is 6.07 Å². The summed E-state index contributed by atoms with van der Waals surface area (Å²) in [4.78, 5) is 3.41. The Labute approximate surface area is 104 Å². The van der Waals surface area contributed by atoms with E-state index in [2.05, 4.69) is 9.72 Å². The first-order valence-electron chi connectivity index (χ1n) is 5.03. The van der Waals surface area contributed by atoms with Crippen molar-refractivity contribution in [1.82, 2.24) is 4.98 Å². The summed E-state index contributed by atoms with van der Waals surface area (Å²) in [6, 6.07) is 3.11. The molecule has 0 aliphatic carbocycles. The molecule has 19 heavy (non-hydrogen) atoms. The molecule has 0 aliphatic rings. The Morgan fingerprint density at radius 2 is 1.68 bits per heavy atom. The van der Waals surface area contributed by atoms with E-state index in [1.165, 1.54) is 0 Å². The second-order valence-electron chi connectivity index (χ2n) is 3.48. The molecule has 0 aliphatic heterocycles. The summed E-state index contributed by atoms with van der Waals surface area (Å²) in [6.45, 7) is -3.30. The van der Waals surface area contributed by atoms with Crippen LogP contribution in [0.15, 0.2) is 30.6 Å². The van der Waals surface area contributed by atoms with E-state index in [-0.39, 0.29) is 0 Å². The van der Waals surface area contributed by atoms with Gasteiger partial charge in [0.25, 0.3) is 0 Å². The van der Waals surface area contributed by atoms with Crippen molar-refractivity contribution in [3.63, 3.8) is 0 Å². The van der Waals surface area contributed by atoms with Crippen LogP contribution in [0.25, 0.3) is 11.1 Å². The van der Waals surface area contributed by atoms with Crippen LogP contribution in [0.2, 0.25) is 0 Å². The monoisotopic (exact) mass is 275 g/mol. The van der Waals surface area contributed by atoms with Crippen LogP contribution in [0.4, 0.5) is 22.0 Å². The molecular formula is C12H6F5NO. The third kappa shape index (κ3) is 2.64. The lowest BCUT2D eigenvalue weighted by molar-refractivity contribution is -0.0518. The lowest BCUT2D eigenvalue weighted by Gasteiger charge is -2.11. The number of hydrogen-bond donors (Lipinski definition) is 0. The summed E-state index contributed by atoms with van der Waals surface area (Å²) >= 11 is 0. The second-order valence-corrected chi connectivity index (χ2v) is 3.48. The summed E-state index contributed by atoms with van der Waals surface area (Å²) < 4.78 is 68.4. The molecule has 1 aromatic carbocycles. The van der Waals surface area contributed by atoms with Gasteiger partial charge in [0, 0.05) is 17.3 Å². The normalized spacial score (nSPS) is 10.8. The number of nitrogens with zero attached hydrogens (tertiary/aromatic N) is 1. The van der Waals surface area contributed by atoms with Crippen molar-refractivity contribution in [1.29, 1.82) is 0 Å². The highest BCUT2D eigenvalue weighted by atomic mass is 19.3. The summed E-state index contributed by atoms with van der Waals surface area (Å²) in [6.07, 6.45) is 1.55. The number of ether oxygens (including phenoxy) is 1. The summed E-state index contributed by atoms with van der Waals surface area (Å²) in [5, 5.41) is 0. The van der Waals surface area contributed by atoms with Crippen LogP contribution in [0, 0.1) is 17.5 Å². The Kier molecular flexibility index (Phi) is 3.64. The lowest BCUT2D eigenvalue weighted by atomic mass is 10.1. The average Bonchev–Trinajstić information content (AvgIpc) is 2.35. The van der Waals surface area contributed by atoms with Gasteiger partial charge >= 0.3 is 6.61 Å². The molecular weight excluding hydrogens is 269 g/mol. The predicted octanol–water partition coefficient (Wildman–Crippen LogP) is 3.77. The van der Waals surface area contributed by atoms with Crippen molar-refractivity contribution in [2.75, 3.05) is 0 Å². The Morgan fingerprint density at radius 3 is 2.37 bits per heavy atom. The Bertz CT molecular complexity index is 603. The predicted molar refractivity (Wildman–Crippen MR) is 56.2 cm³/mol. The average molecular weight is 275 g/mol. The minimum absolute atomic E-state index is 0.391. The third-order valence-electron chi connectivity index (χ3n) is 2.30. The zero-order chi connectivity index (χ0) is 14.0. The molecule has 0 amide bonds. The molecule has 2 aromatic rings. The van der Waals surface area contributed by atoms with Crippen molar-refractivity contribution >= 4 is 0 Å². The molecule has 0 bridgehead atoms. The summed E-state index contributed by atoms with van der Waals surface area (Å²) in [5.41, 5.74) is -0.806. The largest absolute Gasteiger partial charge is 0.431 e. The van der Waals surface area contributed by atoms with Gasteiger partial charge < -0.3 is 4.74 Å². The molecule has 0 radical (unpaired) electrons. The van der Waals surface area contributed by atoms with Crippen LogP contribution in [0.1, 0.15) is 0 Å². The van der Waals surface area contributed by atoms with Crippen LogP contribution in [0.5, 0.6) is 5.75 Å². The van der Waals surface area contributed by atoms with Gasteiger partial charge in [-0.15, -0.1) is 0 Å². The molecule has 2 nitrogen and oxygen atoms in total. The standard InChI is InChI=1S/C12H6F5NO/c13-8-3-1-2-6(10(8)15)7-4-18-5-9(14)11(7)19-12(16)17/h1-5,12H. The minimum Gasteiger partial charge on any atom is -0.431 e. The molecule has 0 saturated carbocycles. The van der Waals surface area contributed by atoms with Crippen molar-refractivity contribution in [2.45, 2.75) is 6.61 Å². The number of halogens is 5. The van der Waals surface area contributed by atoms with Gasteiger partial charge in [0.15, 0.2) is 23.2 Å². The van der Waals surface area contributed by atoms with Crippen LogP contribution in [-0.2, 0) is 0 Å². The van der Waals surface area contributed by atoms with Gasteiger partial charge in [0.1, 0.15) is 0 Å². The van der Waals surface area contributed by atoms with E-state index in [0.717, 1.165) is 24.4 Å². The Hall–Kier alpha value is -2.18. The van der Waals surface area contributed by atoms with Crippen LogP contribution >= 0.6 is 0 Å². The topological polar surface area (TPSA) is 22.1 Å².